The fraction of sp³-hybridized carbons (Fsp3) is 0.304. The first-order chi connectivity index (χ1) is 13.4. The summed E-state index contributed by atoms with van der Waals surface area (Å²) < 4.78 is 10.6. The SMILES string of the molecule is CC(C)c1cccc(C(C)C)c1NC(=O)COC(=O)c1cc2ccccc2o1. The summed E-state index contributed by atoms with van der Waals surface area (Å²) in [6.07, 6.45) is 0. The van der Waals surface area contributed by atoms with Crippen molar-refractivity contribution in [1.29, 1.82) is 0 Å². The number of fused-ring (bicyclic) bond motifs is 1. The van der Waals surface area contributed by atoms with E-state index in [0.29, 0.717) is 5.58 Å². The lowest BCUT2D eigenvalue weighted by Crippen LogP contribution is -2.22. The molecule has 1 heterocycles. The molecule has 0 aliphatic rings. The first-order valence-electron chi connectivity index (χ1n) is 9.45. The number of carbonyl (C=O) groups excluding carboxylic acids is 2. The van der Waals surface area contributed by atoms with Crippen LogP contribution < -0.4 is 5.32 Å². The Morgan fingerprint density at radius 2 is 1.61 bits per heavy atom. The first-order valence-corrected chi connectivity index (χ1v) is 9.45. The van der Waals surface area contributed by atoms with Crippen LogP contribution in [0.4, 0.5) is 5.69 Å². The second kappa shape index (κ2) is 8.30. The number of amides is 1. The molecule has 0 saturated carbocycles. The van der Waals surface area contributed by atoms with Gasteiger partial charge in [-0.25, -0.2) is 4.79 Å². The molecule has 0 bridgehead atoms. The fourth-order valence-electron chi connectivity index (χ4n) is 3.16. The highest BCUT2D eigenvalue weighted by Gasteiger charge is 2.18. The molecule has 28 heavy (non-hydrogen) atoms. The molecule has 1 aromatic heterocycles. The second-order valence-electron chi connectivity index (χ2n) is 7.39. The predicted molar refractivity (Wildman–Crippen MR) is 110 cm³/mol. The van der Waals surface area contributed by atoms with Crippen LogP contribution in [-0.4, -0.2) is 18.5 Å². The van der Waals surface area contributed by atoms with Gasteiger partial charge in [0, 0.05) is 11.1 Å². The lowest BCUT2D eigenvalue weighted by molar-refractivity contribution is -0.119. The van der Waals surface area contributed by atoms with Crippen molar-refractivity contribution in [2.24, 2.45) is 0 Å². The Morgan fingerprint density at radius 1 is 0.964 bits per heavy atom. The monoisotopic (exact) mass is 379 g/mol. The summed E-state index contributed by atoms with van der Waals surface area (Å²) in [4.78, 5) is 24.7. The second-order valence-corrected chi connectivity index (χ2v) is 7.39. The van der Waals surface area contributed by atoms with Gasteiger partial charge in [-0.2, -0.15) is 0 Å². The molecular weight excluding hydrogens is 354 g/mol. The summed E-state index contributed by atoms with van der Waals surface area (Å²) in [5, 5.41) is 3.74. The molecule has 0 saturated heterocycles. The molecule has 0 radical (unpaired) electrons. The number of esters is 1. The smallest absolute Gasteiger partial charge is 0.374 e. The number of carbonyl (C=O) groups is 2. The van der Waals surface area contributed by atoms with Crippen LogP contribution in [0.5, 0.6) is 0 Å². The number of para-hydroxylation sites is 2. The number of rotatable bonds is 6. The topological polar surface area (TPSA) is 68.5 Å². The summed E-state index contributed by atoms with van der Waals surface area (Å²) in [5.74, 6) is -0.439. The maximum atomic E-state index is 12.5. The molecular formula is C23H25NO4. The number of anilines is 1. The Labute approximate surface area is 164 Å². The minimum absolute atomic E-state index is 0.0828. The zero-order valence-electron chi connectivity index (χ0n) is 16.6. The highest BCUT2D eigenvalue weighted by atomic mass is 16.5. The van der Waals surface area contributed by atoms with Gasteiger partial charge in [0.2, 0.25) is 5.76 Å². The van der Waals surface area contributed by atoms with Gasteiger partial charge in [-0.15, -0.1) is 0 Å². The number of furan rings is 1. The van der Waals surface area contributed by atoms with Crippen molar-refractivity contribution in [3.63, 3.8) is 0 Å². The van der Waals surface area contributed by atoms with E-state index in [1.54, 1.807) is 12.1 Å². The average Bonchev–Trinajstić information content (AvgIpc) is 3.10. The molecule has 2 aromatic carbocycles. The molecule has 0 aliphatic heterocycles. The molecule has 1 amide bonds. The summed E-state index contributed by atoms with van der Waals surface area (Å²) in [6.45, 7) is 7.95. The molecule has 0 spiro atoms. The molecule has 5 heteroatoms. The van der Waals surface area contributed by atoms with Crippen molar-refractivity contribution in [1.82, 2.24) is 0 Å². The van der Waals surface area contributed by atoms with E-state index in [9.17, 15) is 9.59 Å². The first kappa shape index (κ1) is 19.7. The van der Waals surface area contributed by atoms with Gasteiger partial charge >= 0.3 is 5.97 Å². The molecule has 146 valence electrons. The van der Waals surface area contributed by atoms with Gasteiger partial charge in [0.1, 0.15) is 5.58 Å². The summed E-state index contributed by atoms with van der Waals surface area (Å²) in [6, 6.07) is 14.9. The van der Waals surface area contributed by atoms with Crippen LogP contribution in [0.3, 0.4) is 0 Å². The Kier molecular flexibility index (Phi) is 5.83. The lowest BCUT2D eigenvalue weighted by Gasteiger charge is -2.20. The molecule has 0 aliphatic carbocycles. The van der Waals surface area contributed by atoms with E-state index in [1.165, 1.54) is 0 Å². The largest absolute Gasteiger partial charge is 0.450 e. The Hall–Kier alpha value is -3.08. The van der Waals surface area contributed by atoms with E-state index < -0.39 is 5.97 Å². The third-order valence-electron chi connectivity index (χ3n) is 4.60. The number of hydrogen-bond donors (Lipinski definition) is 1. The average molecular weight is 379 g/mol. The zero-order chi connectivity index (χ0) is 20.3. The maximum absolute atomic E-state index is 12.5. The highest BCUT2D eigenvalue weighted by molar-refractivity contribution is 5.97. The van der Waals surface area contributed by atoms with Gasteiger partial charge in [-0.1, -0.05) is 64.1 Å². The summed E-state index contributed by atoms with van der Waals surface area (Å²) in [7, 11) is 0. The van der Waals surface area contributed by atoms with E-state index in [0.717, 1.165) is 22.2 Å². The maximum Gasteiger partial charge on any atom is 0.374 e. The third-order valence-corrected chi connectivity index (χ3v) is 4.60. The van der Waals surface area contributed by atoms with Crippen LogP contribution >= 0.6 is 0 Å². The number of nitrogens with one attached hydrogen (secondary N) is 1. The number of ether oxygens (including phenoxy) is 1. The molecule has 0 atom stereocenters. The molecule has 3 aromatic rings. The molecule has 5 nitrogen and oxygen atoms in total. The van der Waals surface area contributed by atoms with E-state index in [4.69, 9.17) is 9.15 Å². The quantitative estimate of drug-likeness (QED) is 0.576. The summed E-state index contributed by atoms with van der Waals surface area (Å²) in [5.41, 5.74) is 3.52. The van der Waals surface area contributed by atoms with E-state index in [-0.39, 0.29) is 30.1 Å². The Morgan fingerprint density at radius 3 is 2.21 bits per heavy atom. The van der Waals surface area contributed by atoms with Crippen molar-refractivity contribution in [2.75, 3.05) is 11.9 Å². The molecule has 0 fully saturated rings. The van der Waals surface area contributed by atoms with Crippen molar-refractivity contribution >= 4 is 28.5 Å². The van der Waals surface area contributed by atoms with Crippen molar-refractivity contribution in [3.05, 3.63) is 65.4 Å². The molecule has 1 N–H and O–H groups in total. The van der Waals surface area contributed by atoms with Crippen LogP contribution in [0.15, 0.2) is 52.9 Å². The normalized spacial score (nSPS) is 11.2. The van der Waals surface area contributed by atoms with Crippen molar-refractivity contribution < 1.29 is 18.7 Å². The predicted octanol–water partition coefficient (Wildman–Crippen LogP) is 5.48. The van der Waals surface area contributed by atoms with E-state index in [1.807, 2.05) is 36.4 Å². The van der Waals surface area contributed by atoms with Crippen LogP contribution in [0, 0.1) is 0 Å². The van der Waals surface area contributed by atoms with Crippen molar-refractivity contribution in [3.8, 4) is 0 Å². The van der Waals surface area contributed by atoms with Crippen LogP contribution in [0.1, 0.15) is 61.2 Å². The van der Waals surface area contributed by atoms with Crippen LogP contribution in [0.25, 0.3) is 11.0 Å². The van der Waals surface area contributed by atoms with E-state index in [2.05, 4.69) is 33.0 Å². The number of hydrogen-bond acceptors (Lipinski definition) is 4. The van der Waals surface area contributed by atoms with Gasteiger partial charge in [0.25, 0.3) is 5.91 Å². The fourth-order valence-corrected chi connectivity index (χ4v) is 3.16. The molecule has 0 unspecified atom stereocenters. The summed E-state index contributed by atoms with van der Waals surface area (Å²) >= 11 is 0. The molecule has 3 rings (SSSR count). The van der Waals surface area contributed by atoms with Gasteiger partial charge in [0.05, 0.1) is 0 Å². The van der Waals surface area contributed by atoms with Crippen molar-refractivity contribution in [2.45, 2.75) is 39.5 Å². The van der Waals surface area contributed by atoms with Crippen LogP contribution in [-0.2, 0) is 9.53 Å². The van der Waals surface area contributed by atoms with Gasteiger partial charge in [-0.3, -0.25) is 4.79 Å². The van der Waals surface area contributed by atoms with Crippen LogP contribution in [0.2, 0.25) is 0 Å². The standard InChI is InChI=1S/C23H25NO4/c1-14(2)17-9-7-10-18(15(3)4)22(17)24-21(25)13-27-23(26)20-12-16-8-5-6-11-19(16)28-20/h5-12,14-15H,13H2,1-4H3,(H,24,25). The Bertz CT molecular complexity index is 942. The highest BCUT2D eigenvalue weighted by Crippen LogP contribution is 2.32. The minimum Gasteiger partial charge on any atom is -0.450 e. The van der Waals surface area contributed by atoms with Gasteiger partial charge in [0.15, 0.2) is 6.61 Å². The van der Waals surface area contributed by atoms with E-state index >= 15 is 0 Å². The third kappa shape index (κ3) is 4.25. The minimum atomic E-state index is -0.660. The number of benzene rings is 2. The Balaban J connectivity index is 1.70. The van der Waals surface area contributed by atoms with Gasteiger partial charge in [-0.05, 0) is 35.1 Å². The van der Waals surface area contributed by atoms with Gasteiger partial charge < -0.3 is 14.5 Å². The zero-order valence-corrected chi connectivity index (χ0v) is 16.6. The lowest BCUT2D eigenvalue weighted by atomic mass is 9.92.